The molecule has 0 saturated carbocycles. The van der Waals surface area contributed by atoms with E-state index in [1.807, 2.05) is 0 Å². The molecule has 1 rings (SSSR count). The summed E-state index contributed by atoms with van der Waals surface area (Å²) < 4.78 is 9.89. The number of ether oxygens (including phenoxy) is 2. The van der Waals surface area contributed by atoms with Gasteiger partial charge in [-0.25, -0.2) is 9.59 Å². The van der Waals surface area contributed by atoms with Crippen LogP contribution in [0.3, 0.4) is 0 Å². The maximum atomic E-state index is 11.7. The van der Waals surface area contributed by atoms with Crippen LogP contribution < -0.4 is 5.43 Å². The van der Waals surface area contributed by atoms with Gasteiger partial charge in [0.15, 0.2) is 5.43 Å². The number of carbonyl (C=O) groups excluding carboxylic acids is 2. The van der Waals surface area contributed by atoms with Gasteiger partial charge in [0.1, 0.15) is 11.4 Å². The van der Waals surface area contributed by atoms with E-state index < -0.39 is 17.4 Å². The fourth-order valence-corrected chi connectivity index (χ4v) is 1.32. The minimum absolute atomic E-state index is 0.0723. The van der Waals surface area contributed by atoms with Gasteiger partial charge in [0.05, 0.1) is 12.2 Å². The molecular formula is C13H17NO5. The Kier molecular flexibility index (Phi) is 4.86. The standard InChI is InChI=1S/C13H17NO5/c1-7(2)18-12(16)10-5-9(15)6-11(14-10)13(17)19-8(3)4/h5-8H,1-4H3,(H,14,15). The number of nitrogens with one attached hydrogen (secondary N) is 1. The minimum Gasteiger partial charge on any atom is -0.458 e. The molecule has 0 aromatic carbocycles. The molecule has 1 heterocycles. The van der Waals surface area contributed by atoms with Gasteiger partial charge in [-0.3, -0.25) is 4.79 Å². The van der Waals surface area contributed by atoms with E-state index in [1.165, 1.54) is 0 Å². The lowest BCUT2D eigenvalue weighted by Gasteiger charge is -2.10. The third kappa shape index (κ3) is 4.57. The molecule has 0 unspecified atom stereocenters. The number of hydrogen-bond acceptors (Lipinski definition) is 5. The summed E-state index contributed by atoms with van der Waals surface area (Å²) in [6.45, 7) is 6.75. The van der Waals surface area contributed by atoms with Crippen LogP contribution in [0.2, 0.25) is 0 Å². The molecule has 0 atom stereocenters. The minimum atomic E-state index is -0.689. The average molecular weight is 267 g/mol. The van der Waals surface area contributed by atoms with Crippen LogP contribution in [0.5, 0.6) is 0 Å². The first kappa shape index (κ1) is 14.9. The van der Waals surface area contributed by atoms with Gasteiger partial charge in [0, 0.05) is 12.1 Å². The smallest absolute Gasteiger partial charge is 0.355 e. The van der Waals surface area contributed by atoms with Crippen molar-refractivity contribution in [1.82, 2.24) is 4.98 Å². The molecule has 1 aromatic rings. The van der Waals surface area contributed by atoms with Crippen LogP contribution in [0, 0.1) is 0 Å². The Labute approximate surface area is 110 Å². The summed E-state index contributed by atoms with van der Waals surface area (Å²) in [6, 6.07) is 2.16. The molecule has 1 aromatic heterocycles. The normalized spacial score (nSPS) is 10.6. The maximum Gasteiger partial charge on any atom is 0.355 e. The second-order valence-electron chi connectivity index (χ2n) is 4.55. The number of hydrogen-bond donors (Lipinski definition) is 1. The highest BCUT2D eigenvalue weighted by atomic mass is 16.5. The molecule has 19 heavy (non-hydrogen) atoms. The average Bonchev–Trinajstić information content (AvgIpc) is 2.26. The summed E-state index contributed by atoms with van der Waals surface area (Å²) in [6.07, 6.45) is -0.635. The third-order valence-electron chi connectivity index (χ3n) is 1.97. The second-order valence-corrected chi connectivity index (χ2v) is 4.55. The number of carbonyl (C=O) groups is 2. The fraction of sp³-hybridized carbons (Fsp3) is 0.462. The van der Waals surface area contributed by atoms with Gasteiger partial charge in [-0.1, -0.05) is 0 Å². The van der Waals surface area contributed by atoms with Crippen molar-refractivity contribution in [1.29, 1.82) is 0 Å². The molecule has 0 aliphatic rings. The molecule has 0 fully saturated rings. The monoisotopic (exact) mass is 267 g/mol. The zero-order valence-corrected chi connectivity index (χ0v) is 11.4. The van der Waals surface area contributed by atoms with E-state index in [4.69, 9.17) is 9.47 Å². The summed E-state index contributed by atoms with van der Waals surface area (Å²) in [7, 11) is 0. The molecule has 0 bridgehead atoms. The predicted octanol–water partition coefficient (Wildman–Crippen LogP) is 1.51. The third-order valence-corrected chi connectivity index (χ3v) is 1.97. The molecule has 1 N–H and O–H groups in total. The number of pyridine rings is 1. The van der Waals surface area contributed by atoms with Crippen LogP contribution in [-0.4, -0.2) is 29.1 Å². The highest BCUT2D eigenvalue weighted by Gasteiger charge is 2.16. The molecule has 0 radical (unpaired) electrons. The van der Waals surface area contributed by atoms with Gasteiger partial charge in [-0.05, 0) is 27.7 Å². The van der Waals surface area contributed by atoms with E-state index >= 15 is 0 Å². The Morgan fingerprint density at radius 3 is 1.63 bits per heavy atom. The van der Waals surface area contributed by atoms with Crippen molar-refractivity contribution in [2.75, 3.05) is 0 Å². The van der Waals surface area contributed by atoms with Crippen LogP contribution >= 0.6 is 0 Å². The van der Waals surface area contributed by atoms with Crippen LogP contribution in [0.15, 0.2) is 16.9 Å². The Morgan fingerprint density at radius 2 is 1.32 bits per heavy atom. The fourth-order valence-electron chi connectivity index (χ4n) is 1.32. The van der Waals surface area contributed by atoms with E-state index in [9.17, 15) is 14.4 Å². The summed E-state index contributed by atoms with van der Waals surface area (Å²) in [5, 5.41) is 0. The van der Waals surface area contributed by atoms with E-state index in [1.54, 1.807) is 27.7 Å². The van der Waals surface area contributed by atoms with Crippen LogP contribution in [0.25, 0.3) is 0 Å². The van der Waals surface area contributed by atoms with Gasteiger partial charge in [-0.2, -0.15) is 0 Å². The van der Waals surface area contributed by atoms with Crippen LogP contribution in [0.4, 0.5) is 0 Å². The predicted molar refractivity (Wildman–Crippen MR) is 68.2 cm³/mol. The van der Waals surface area contributed by atoms with Crippen molar-refractivity contribution >= 4 is 11.9 Å². The maximum absolute atomic E-state index is 11.7. The van der Waals surface area contributed by atoms with Gasteiger partial charge < -0.3 is 14.5 Å². The quantitative estimate of drug-likeness (QED) is 0.836. The Balaban J connectivity index is 3.04. The summed E-state index contributed by atoms with van der Waals surface area (Å²) in [5.74, 6) is -1.38. The van der Waals surface area contributed by atoms with Crippen molar-refractivity contribution in [2.45, 2.75) is 39.9 Å². The molecule has 0 aliphatic carbocycles. The topological polar surface area (TPSA) is 85.5 Å². The van der Waals surface area contributed by atoms with E-state index in [0.717, 1.165) is 12.1 Å². The lowest BCUT2D eigenvalue weighted by Crippen LogP contribution is -2.20. The summed E-state index contributed by atoms with van der Waals surface area (Å²) in [5.41, 5.74) is -0.612. The van der Waals surface area contributed by atoms with E-state index in [0.29, 0.717) is 0 Å². The highest BCUT2D eigenvalue weighted by Crippen LogP contribution is 2.03. The first-order valence-electron chi connectivity index (χ1n) is 5.96. The molecule has 0 saturated heterocycles. The molecular weight excluding hydrogens is 250 g/mol. The number of H-pyrrole nitrogens is 1. The zero-order chi connectivity index (χ0) is 14.6. The molecule has 0 amide bonds. The van der Waals surface area contributed by atoms with E-state index in [-0.39, 0.29) is 23.6 Å². The van der Waals surface area contributed by atoms with Gasteiger partial charge >= 0.3 is 11.9 Å². The van der Waals surface area contributed by atoms with Crippen molar-refractivity contribution < 1.29 is 19.1 Å². The number of aromatic nitrogens is 1. The molecule has 0 spiro atoms. The number of rotatable bonds is 4. The van der Waals surface area contributed by atoms with Crippen molar-refractivity contribution in [3.05, 3.63) is 33.7 Å². The van der Waals surface area contributed by atoms with Gasteiger partial charge in [0.25, 0.3) is 0 Å². The van der Waals surface area contributed by atoms with Crippen molar-refractivity contribution in [3.63, 3.8) is 0 Å². The largest absolute Gasteiger partial charge is 0.458 e. The zero-order valence-electron chi connectivity index (χ0n) is 11.4. The first-order chi connectivity index (χ1) is 8.79. The summed E-state index contributed by atoms with van der Waals surface area (Å²) >= 11 is 0. The SMILES string of the molecule is CC(C)OC(=O)c1cc(=O)cc(C(=O)OC(C)C)[nH]1. The lowest BCUT2D eigenvalue weighted by atomic mass is 10.3. The Bertz CT molecular complexity index is 487. The molecule has 104 valence electrons. The van der Waals surface area contributed by atoms with Gasteiger partial charge in [0.2, 0.25) is 0 Å². The van der Waals surface area contributed by atoms with Crippen LogP contribution in [0.1, 0.15) is 48.7 Å². The van der Waals surface area contributed by atoms with E-state index in [2.05, 4.69) is 4.98 Å². The van der Waals surface area contributed by atoms with Crippen molar-refractivity contribution in [3.8, 4) is 0 Å². The van der Waals surface area contributed by atoms with Gasteiger partial charge in [-0.15, -0.1) is 0 Å². The number of aromatic amines is 1. The Morgan fingerprint density at radius 1 is 0.947 bits per heavy atom. The molecule has 6 heteroatoms. The second kappa shape index (κ2) is 6.17. The first-order valence-corrected chi connectivity index (χ1v) is 5.96. The molecule has 6 nitrogen and oxygen atoms in total. The van der Waals surface area contributed by atoms with Crippen LogP contribution in [-0.2, 0) is 9.47 Å². The Hall–Kier alpha value is -2.11. The molecule has 0 aliphatic heterocycles. The lowest BCUT2D eigenvalue weighted by molar-refractivity contribution is 0.0363. The highest BCUT2D eigenvalue weighted by molar-refractivity contribution is 5.91. The number of esters is 2. The summed E-state index contributed by atoms with van der Waals surface area (Å²) in [4.78, 5) is 37.3. The van der Waals surface area contributed by atoms with Crippen molar-refractivity contribution in [2.24, 2.45) is 0 Å².